The summed E-state index contributed by atoms with van der Waals surface area (Å²) in [5, 5.41) is 1.30. The van der Waals surface area contributed by atoms with E-state index < -0.39 is 0 Å². The first-order chi connectivity index (χ1) is 11.2. The maximum atomic E-state index is 5.65. The van der Waals surface area contributed by atoms with Crippen molar-refractivity contribution in [3.05, 3.63) is 47.7 Å². The largest absolute Gasteiger partial charge is 0.481 e. The van der Waals surface area contributed by atoms with Crippen molar-refractivity contribution in [2.45, 2.75) is 26.2 Å². The van der Waals surface area contributed by atoms with Crippen LogP contribution in [0.2, 0.25) is 0 Å². The van der Waals surface area contributed by atoms with Crippen molar-refractivity contribution in [2.24, 2.45) is 5.73 Å². The third-order valence-corrected chi connectivity index (χ3v) is 4.18. The molecule has 0 radical (unpaired) electrons. The Morgan fingerprint density at radius 2 is 2.04 bits per heavy atom. The summed E-state index contributed by atoms with van der Waals surface area (Å²) in [6, 6.07) is 10.5. The second-order valence-corrected chi connectivity index (χ2v) is 5.86. The summed E-state index contributed by atoms with van der Waals surface area (Å²) in [5.41, 5.74) is 11.7. The standard InChI is InChI=1S/C19H23N3O/c1-13-6-8-17-16(11-13)15(5-3-4-10-20)19(22-17)14-7-9-18(23-2)21-12-14/h6-9,11-12,22H,3-5,10,20H2,1-2H3. The zero-order valence-electron chi connectivity index (χ0n) is 13.7. The van der Waals surface area contributed by atoms with Gasteiger partial charge in [-0.15, -0.1) is 0 Å². The van der Waals surface area contributed by atoms with Crippen LogP contribution >= 0.6 is 0 Å². The number of benzene rings is 1. The number of H-pyrrole nitrogens is 1. The van der Waals surface area contributed by atoms with E-state index in [9.17, 15) is 0 Å². The maximum absolute atomic E-state index is 5.65. The van der Waals surface area contributed by atoms with E-state index in [-0.39, 0.29) is 0 Å². The molecular formula is C19H23N3O. The number of nitrogens with zero attached hydrogens (tertiary/aromatic N) is 1. The Kier molecular flexibility index (Phi) is 4.63. The number of aryl methyl sites for hydroxylation is 2. The predicted molar refractivity (Wildman–Crippen MR) is 94.8 cm³/mol. The second kappa shape index (κ2) is 6.84. The van der Waals surface area contributed by atoms with Gasteiger partial charge in [0.15, 0.2) is 0 Å². The third kappa shape index (κ3) is 3.22. The molecule has 0 saturated carbocycles. The molecule has 2 heterocycles. The lowest BCUT2D eigenvalue weighted by Gasteiger charge is -2.06. The number of unbranched alkanes of at least 4 members (excludes halogenated alkanes) is 1. The molecule has 1 aromatic carbocycles. The molecule has 3 aromatic rings. The number of aromatic amines is 1. The minimum atomic E-state index is 0.630. The van der Waals surface area contributed by atoms with Gasteiger partial charge in [-0.3, -0.25) is 0 Å². The molecule has 120 valence electrons. The molecule has 0 amide bonds. The SMILES string of the molecule is COc1ccc(-c2[nH]c3ccc(C)cc3c2CCCCN)cn1. The molecule has 0 bridgehead atoms. The van der Waals surface area contributed by atoms with Crippen LogP contribution in [0, 0.1) is 6.92 Å². The van der Waals surface area contributed by atoms with Crippen molar-refractivity contribution < 1.29 is 4.74 Å². The number of fused-ring (bicyclic) bond motifs is 1. The van der Waals surface area contributed by atoms with Crippen LogP contribution in [0.5, 0.6) is 5.88 Å². The van der Waals surface area contributed by atoms with Gasteiger partial charge in [-0.05, 0) is 56.5 Å². The zero-order chi connectivity index (χ0) is 16.2. The number of methoxy groups -OCH3 is 1. The van der Waals surface area contributed by atoms with Gasteiger partial charge in [-0.2, -0.15) is 0 Å². The lowest BCUT2D eigenvalue weighted by atomic mass is 10.0. The first-order valence-electron chi connectivity index (χ1n) is 8.04. The van der Waals surface area contributed by atoms with Crippen LogP contribution in [0.1, 0.15) is 24.0 Å². The molecule has 0 fully saturated rings. The molecule has 0 aliphatic rings. The minimum absolute atomic E-state index is 0.630. The van der Waals surface area contributed by atoms with Gasteiger partial charge in [0.1, 0.15) is 0 Å². The molecular weight excluding hydrogens is 286 g/mol. The number of nitrogens with two attached hydrogens (primary N) is 1. The first kappa shape index (κ1) is 15.6. The molecule has 0 aliphatic heterocycles. The van der Waals surface area contributed by atoms with Crippen LogP contribution in [-0.4, -0.2) is 23.6 Å². The normalized spacial score (nSPS) is 11.1. The Morgan fingerprint density at radius 1 is 1.17 bits per heavy atom. The Hall–Kier alpha value is -2.33. The van der Waals surface area contributed by atoms with Gasteiger partial charge in [0.2, 0.25) is 5.88 Å². The van der Waals surface area contributed by atoms with Gasteiger partial charge < -0.3 is 15.5 Å². The van der Waals surface area contributed by atoms with E-state index in [1.54, 1.807) is 7.11 Å². The number of hydrogen-bond donors (Lipinski definition) is 2. The highest BCUT2D eigenvalue weighted by Gasteiger charge is 2.13. The van der Waals surface area contributed by atoms with Gasteiger partial charge in [-0.25, -0.2) is 4.98 Å². The second-order valence-electron chi connectivity index (χ2n) is 5.86. The van der Waals surface area contributed by atoms with Crippen LogP contribution < -0.4 is 10.5 Å². The van der Waals surface area contributed by atoms with Gasteiger partial charge in [0, 0.05) is 28.7 Å². The van der Waals surface area contributed by atoms with Crippen LogP contribution in [0.4, 0.5) is 0 Å². The predicted octanol–water partition coefficient (Wildman–Crippen LogP) is 3.83. The quantitative estimate of drug-likeness (QED) is 0.680. The number of pyridine rings is 1. The fourth-order valence-electron chi connectivity index (χ4n) is 2.96. The average Bonchev–Trinajstić information content (AvgIpc) is 2.93. The number of rotatable bonds is 6. The highest BCUT2D eigenvalue weighted by molar-refractivity contribution is 5.91. The first-order valence-corrected chi connectivity index (χ1v) is 8.04. The van der Waals surface area contributed by atoms with Gasteiger partial charge >= 0.3 is 0 Å². The summed E-state index contributed by atoms with van der Waals surface area (Å²) < 4.78 is 5.15. The van der Waals surface area contributed by atoms with Gasteiger partial charge in [0.25, 0.3) is 0 Å². The fraction of sp³-hybridized carbons (Fsp3) is 0.316. The summed E-state index contributed by atoms with van der Waals surface area (Å²) in [6.45, 7) is 2.87. The van der Waals surface area contributed by atoms with Gasteiger partial charge in [-0.1, -0.05) is 11.6 Å². The summed E-state index contributed by atoms with van der Waals surface area (Å²) in [4.78, 5) is 7.90. The van der Waals surface area contributed by atoms with E-state index in [4.69, 9.17) is 10.5 Å². The molecule has 0 saturated heterocycles. The Balaban J connectivity index is 2.07. The number of aromatic nitrogens is 2. The molecule has 2 aromatic heterocycles. The van der Waals surface area contributed by atoms with Crippen molar-refractivity contribution >= 4 is 10.9 Å². The minimum Gasteiger partial charge on any atom is -0.481 e. The van der Waals surface area contributed by atoms with Crippen molar-refractivity contribution in [1.82, 2.24) is 9.97 Å². The molecule has 0 unspecified atom stereocenters. The molecule has 0 atom stereocenters. The van der Waals surface area contributed by atoms with E-state index in [2.05, 4.69) is 41.2 Å². The van der Waals surface area contributed by atoms with Crippen LogP contribution in [0.25, 0.3) is 22.2 Å². The summed E-state index contributed by atoms with van der Waals surface area (Å²) in [7, 11) is 1.63. The molecule has 4 heteroatoms. The van der Waals surface area contributed by atoms with Crippen molar-refractivity contribution in [1.29, 1.82) is 0 Å². The summed E-state index contributed by atoms with van der Waals surface area (Å²) in [5.74, 6) is 0.630. The Labute approximate surface area is 136 Å². The molecule has 23 heavy (non-hydrogen) atoms. The Bertz CT molecular complexity index is 790. The number of ether oxygens (including phenoxy) is 1. The highest BCUT2D eigenvalue weighted by Crippen LogP contribution is 2.32. The lowest BCUT2D eigenvalue weighted by Crippen LogP contribution is -1.99. The van der Waals surface area contributed by atoms with Crippen LogP contribution in [0.15, 0.2) is 36.5 Å². The van der Waals surface area contributed by atoms with E-state index in [0.29, 0.717) is 5.88 Å². The van der Waals surface area contributed by atoms with Crippen molar-refractivity contribution in [2.75, 3.05) is 13.7 Å². The molecule has 3 rings (SSSR count). The number of hydrogen-bond acceptors (Lipinski definition) is 3. The topological polar surface area (TPSA) is 63.9 Å². The van der Waals surface area contributed by atoms with Crippen molar-refractivity contribution in [3.8, 4) is 17.1 Å². The van der Waals surface area contributed by atoms with Crippen molar-refractivity contribution in [3.63, 3.8) is 0 Å². The molecule has 0 spiro atoms. The summed E-state index contributed by atoms with van der Waals surface area (Å²) in [6.07, 6.45) is 5.01. The van der Waals surface area contributed by atoms with E-state index >= 15 is 0 Å². The fourth-order valence-corrected chi connectivity index (χ4v) is 2.96. The number of nitrogens with one attached hydrogen (secondary N) is 1. The lowest BCUT2D eigenvalue weighted by molar-refractivity contribution is 0.398. The maximum Gasteiger partial charge on any atom is 0.212 e. The smallest absolute Gasteiger partial charge is 0.212 e. The third-order valence-electron chi connectivity index (χ3n) is 4.18. The highest BCUT2D eigenvalue weighted by atomic mass is 16.5. The monoisotopic (exact) mass is 309 g/mol. The summed E-state index contributed by atoms with van der Waals surface area (Å²) >= 11 is 0. The van der Waals surface area contributed by atoms with E-state index in [1.807, 2.05) is 12.3 Å². The van der Waals surface area contributed by atoms with E-state index in [1.165, 1.54) is 22.0 Å². The van der Waals surface area contributed by atoms with Crippen LogP contribution in [0.3, 0.4) is 0 Å². The van der Waals surface area contributed by atoms with E-state index in [0.717, 1.165) is 37.1 Å². The Morgan fingerprint density at radius 3 is 2.74 bits per heavy atom. The molecule has 0 aliphatic carbocycles. The molecule has 4 nitrogen and oxygen atoms in total. The van der Waals surface area contributed by atoms with Gasteiger partial charge in [0.05, 0.1) is 12.8 Å². The van der Waals surface area contributed by atoms with Crippen LogP contribution in [-0.2, 0) is 6.42 Å². The zero-order valence-corrected chi connectivity index (χ0v) is 13.7. The molecule has 3 N–H and O–H groups in total. The average molecular weight is 309 g/mol.